The summed E-state index contributed by atoms with van der Waals surface area (Å²) in [6.07, 6.45) is 3.50. The number of nitrogens with two attached hydrogens (primary N) is 1. The highest BCUT2D eigenvalue weighted by Crippen LogP contribution is 2.34. The molecular formula is C14H18N2OS. The van der Waals surface area contributed by atoms with Crippen LogP contribution in [0, 0.1) is 5.92 Å². The largest absolute Gasteiger partial charge is 0.494 e. The molecule has 2 aromatic rings. The minimum Gasteiger partial charge on any atom is -0.494 e. The van der Waals surface area contributed by atoms with Crippen LogP contribution in [0.3, 0.4) is 0 Å². The predicted molar refractivity (Wildman–Crippen MR) is 75.2 cm³/mol. The summed E-state index contributed by atoms with van der Waals surface area (Å²) in [6.45, 7) is 2.70. The van der Waals surface area contributed by atoms with Gasteiger partial charge in [-0.05, 0) is 43.9 Å². The van der Waals surface area contributed by atoms with Crippen molar-refractivity contribution < 1.29 is 4.74 Å². The van der Waals surface area contributed by atoms with Gasteiger partial charge in [-0.1, -0.05) is 0 Å². The van der Waals surface area contributed by atoms with Gasteiger partial charge in [-0.15, -0.1) is 11.3 Å². The molecule has 0 bridgehead atoms. The minimum atomic E-state index is 0.289. The van der Waals surface area contributed by atoms with Crippen molar-refractivity contribution in [2.75, 3.05) is 6.61 Å². The molecule has 1 aromatic heterocycles. The highest BCUT2D eigenvalue weighted by Gasteiger charge is 2.29. The van der Waals surface area contributed by atoms with Crippen LogP contribution in [0.15, 0.2) is 18.2 Å². The molecule has 1 fully saturated rings. The number of hydrogen-bond acceptors (Lipinski definition) is 4. The standard InChI is InChI=1S/C14H18N2OS/c1-2-17-10-5-6-12-13(7-10)18-14(16-12)8-11(15)9-3-4-9/h5-7,9,11H,2-4,8,15H2,1H3. The number of hydrogen-bond donors (Lipinski definition) is 1. The maximum atomic E-state index is 6.15. The van der Waals surface area contributed by atoms with Crippen molar-refractivity contribution in [3.63, 3.8) is 0 Å². The fourth-order valence-corrected chi connectivity index (χ4v) is 3.26. The Morgan fingerprint density at radius 3 is 3.06 bits per heavy atom. The van der Waals surface area contributed by atoms with Crippen LogP contribution in [0.2, 0.25) is 0 Å². The Bertz CT molecular complexity index is 548. The van der Waals surface area contributed by atoms with Crippen molar-refractivity contribution in [3.05, 3.63) is 23.2 Å². The molecule has 0 spiro atoms. The summed E-state index contributed by atoms with van der Waals surface area (Å²) in [7, 11) is 0. The van der Waals surface area contributed by atoms with E-state index in [0.717, 1.165) is 28.6 Å². The van der Waals surface area contributed by atoms with Gasteiger partial charge >= 0.3 is 0 Å². The Hall–Kier alpha value is -1.13. The van der Waals surface area contributed by atoms with Crippen LogP contribution in [0.25, 0.3) is 10.2 Å². The Balaban J connectivity index is 1.81. The van der Waals surface area contributed by atoms with Crippen molar-refractivity contribution in [2.45, 2.75) is 32.2 Å². The molecule has 0 radical (unpaired) electrons. The fourth-order valence-electron chi connectivity index (χ4n) is 2.19. The summed E-state index contributed by atoms with van der Waals surface area (Å²) in [5.74, 6) is 1.66. The molecule has 0 aliphatic heterocycles. The maximum Gasteiger partial charge on any atom is 0.120 e. The SMILES string of the molecule is CCOc1ccc2nc(CC(N)C3CC3)sc2c1. The van der Waals surface area contributed by atoms with E-state index < -0.39 is 0 Å². The molecule has 0 saturated heterocycles. The third-order valence-corrected chi connectivity index (χ3v) is 4.39. The van der Waals surface area contributed by atoms with Crippen molar-refractivity contribution in [1.82, 2.24) is 4.98 Å². The van der Waals surface area contributed by atoms with Gasteiger partial charge in [0.2, 0.25) is 0 Å². The lowest BCUT2D eigenvalue weighted by molar-refractivity contribution is 0.341. The molecule has 1 atom stereocenters. The summed E-state index contributed by atoms with van der Waals surface area (Å²) in [6, 6.07) is 6.37. The molecule has 1 saturated carbocycles. The van der Waals surface area contributed by atoms with Crippen LogP contribution >= 0.6 is 11.3 Å². The number of fused-ring (bicyclic) bond motifs is 1. The van der Waals surface area contributed by atoms with E-state index in [1.54, 1.807) is 11.3 Å². The summed E-state index contributed by atoms with van der Waals surface area (Å²) in [5, 5.41) is 1.15. The molecule has 1 unspecified atom stereocenters. The fraction of sp³-hybridized carbons (Fsp3) is 0.500. The number of aromatic nitrogens is 1. The van der Waals surface area contributed by atoms with E-state index in [2.05, 4.69) is 11.1 Å². The molecule has 1 aliphatic rings. The van der Waals surface area contributed by atoms with Gasteiger partial charge in [-0.3, -0.25) is 0 Å². The number of ether oxygens (including phenoxy) is 1. The first-order valence-corrected chi connectivity index (χ1v) is 7.35. The summed E-state index contributed by atoms with van der Waals surface area (Å²) in [4.78, 5) is 4.65. The van der Waals surface area contributed by atoms with Crippen LogP contribution in [0.5, 0.6) is 5.75 Å². The predicted octanol–water partition coefficient (Wildman–Crippen LogP) is 2.97. The van der Waals surface area contributed by atoms with Gasteiger partial charge in [0.1, 0.15) is 5.75 Å². The molecule has 0 amide bonds. The smallest absolute Gasteiger partial charge is 0.120 e. The van der Waals surface area contributed by atoms with Crippen LogP contribution in [-0.4, -0.2) is 17.6 Å². The molecular weight excluding hydrogens is 244 g/mol. The van der Waals surface area contributed by atoms with Crippen molar-refractivity contribution in [2.24, 2.45) is 11.7 Å². The van der Waals surface area contributed by atoms with Gasteiger partial charge in [0, 0.05) is 12.5 Å². The van der Waals surface area contributed by atoms with Crippen LogP contribution < -0.4 is 10.5 Å². The molecule has 3 rings (SSSR count). The number of nitrogens with zero attached hydrogens (tertiary/aromatic N) is 1. The highest BCUT2D eigenvalue weighted by atomic mass is 32.1. The molecule has 1 aliphatic carbocycles. The zero-order valence-corrected chi connectivity index (χ0v) is 11.4. The van der Waals surface area contributed by atoms with Crippen LogP contribution in [0.1, 0.15) is 24.8 Å². The van der Waals surface area contributed by atoms with E-state index in [1.807, 2.05) is 19.1 Å². The molecule has 1 heterocycles. The number of thiazole rings is 1. The molecule has 2 N–H and O–H groups in total. The molecule has 96 valence electrons. The first-order chi connectivity index (χ1) is 8.76. The number of rotatable bonds is 5. The molecule has 1 aromatic carbocycles. The Morgan fingerprint density at radius 1 is 1.50 bits per heavy atom. The molecule has 18 heavy (non-hydrogen) atoms. The Morgan fingerprint density at radius 2 is 2.33 bits per heavy atom. The highest BCUT2D eigenvalue weighted by molar-refractivity contribution is 7.18. The van der Waals surface area contributed by atoms with Gasteiger partial charge < -0.3 is 10.5 Å². The average Bonchev–Trinajstić information content (AvgIpc) is 3.11. The van der Waals surface area contributed by atoms with E-state index >= 15 is 0 Å². The van der Waals surface area contributed by atoms with Crippen LogP contribution in [0.4, 0.5) is 0 Å². The lowest BCUT2D eigenvalue weighted by Crippen LogP contribution is -2.24. The van der Waals surface area contributed by atoms with E-state index in [9.17, 15) is 0 Å². The topological polar surface area (TPSA) is 48.1 Å². The third kappa shape index (κ3) is 2.49. The summed E-state index contributed by atoms with van der Waals surface area (Å²) < 4.78 is 6.70. The lowest BCUT2D eigenvalue weighted by atomic mass is 10.1. The van der Waals surface area contributed by atoms with Crippen LogP contribution in [-0.2, 0) is 6.42 Å². The third-order valence-electron chi connectivity index (χ3n) is 3.35. The first kappa shape index (κ1) is 11.9. The summed E-state index contributed by atoms with van der Waals surface area (Å²) >= 11 is 1.74. The van der Waals surface area contributed by atoms with Gasteiger partial charge in [-0.2, -0.15) is 0 Å². The second kappa shape index (κ2) is 4.86. The average molecular weight is 262 g/mol. The lowest BCUT2D eigenvalue weighted by Gasteiger charge is -2.06. The second-order valence-electron chi connectivity index (χ2n) is 4.88. The van der Waals surface area contributed by atoms with Gasteiger partial charge in [-0.25, -0.2) is 4.98 Å². The van der Waals surface area contributed by atoms with Gasteiger partial charge in [0.15, 0.2) is 0 Å². The van der Waals surface area contributed by atoms with Gasteiger partial charge in [0.05, 0.1) is 21.8 Å². The minimum absolute atomic E-state index is 0.289. The second-order valence-corrected chi connectivity index (χ2v) is 5.99. The number of benzene rings is 1. The molecule has 3 nitrogen and oxygen atoms in total. The summed E-state index contributed by atoms with van der Waals surface area (Å²) in [5.41, 5.74) is 7.21. The van der Waals surface area contributed by atoms with E-state index in [0.29, 0.717) is 6.61 Å². The zero-order chi connectivity index (χ0) is 12.5. The Labute approximate surface area is 111 Å². The van der Waals surface area contributed by atoms with Crippen molar-refractivity contribution >= 4 is 21.6 Å². The maximum absolute atomic E-state index is 6.15. The van der Waals surface area contributed by atoms with E-state index in [-0.39, 0.29) is 6.04 Å². The van der Waals surface area contributed by atoms with E-state index in [4.69, 9.17) is 10.5 Å². The zero-order valence-electron chi connectivity index (χ0n) is 10.6. The quantitative estimate of drug-likeness (QED) is 0.901. The van der Waals surface area contributed by atoms with Crippen molar-refractivity contribution in [1.29, 1.82) is 0 Å². The van der Waals surface area contributed by atoms with E-state index in [1.165, 1.54) is 17.5 Å². The monoisotopic (exact) mass is 262 g/mol. The Kier molecular flexibility index (Phi) is 3.22. The normalized spacial score (nSPS) is 17.0. The molecule has 4 heteroatoms. The van der Waals surface area contributed by atoms with Crippen molar-refractivity contribution in [3.8, 4) is 5.75 Å². The van der Waals surface area contributed by atoms with Gasteiger partial charge in [0.25, 0.3) is 0 Å². The first-order valence-electron chi connectivity index (χ1n) is 6.54.